The molecule has 0 amide bonds. The van der Waals surface area contributed by atoms with Gasteiger partial charge >= 0.3 is 0 Å². The van der Waals surface area contributed by atoms with Crippen molar-refractivity contribution in [3.63, 3.8) is 0 Å². The molecule has 2 heterocycles. The Labute approximate surface area is 192 Å². The zero-order chi connectivity index (χ0) is 23.0. The van der Waals surface area contributed by atoms with Gasteiger partial charge in [0.15, 0.2) is 0 Å². The van der Waals surface area contributed by atoms with E-state index in [1.54, 1.807) is 7.11 Å². The van der Waals surface area contributed by atoms with Crippen molar-refractivity contribution in [3.8, 4) is 11.1 Å². The number of methoxy groups -OCH3 is 1. The number of ether oxygens (including phenoxy) is 2. The zero-order valence-electron chi connectivity index (χ0n) is 20.5. The average Bonchev–Trinajstić information content (AvgIpc) is 2.76. The summed E-state index contributed by atoms with van der Waals surface area (Å²) in [5.41, 5.74) is 9.22. The Morgan fingerprint density at radius 3 is 2.53 bits per heavy atom. The molecule has 0 spiro atoms. The number of anilines is 1. The van der Waals surface area contributed by atoms with Crippen LogP contribution in [0, 0.1) is 13.8 Å². The fraction of sp³-hybridized carbons (Fsp3) is 0.464. The smallest absolute Gasteiger partial charge is 0.111 e. The molecule has 0 bridgehead atoms. The first-order valence-corrected chi connectivity index (χ1v) is 11.7. The van der Waals surface area contributed by atoms with Crippen molar-refractivity contribution in [1.29, 1.82) is 0 Å². The fourth-order valence-corrected chi connectivity index (χ4v) is 4.87. The summed E-state index contributed by atoms with van der Waals surface area (Å²) in [6, 6.07) is 13.0. The molecule has 0 saturated heterocycles. The number of pyridine rings is 1. The van der Waals surface area contributed by atoms with Gasteiger partial charge in [0.1, 0.15) is 6.10 Å². The van der Waals surface area contributed by atoms with Crippen LogP contribution in [0.3, 0.4) is 0 Å². The SMILES string of the molecule is COC(C)[C@@H](OC(C)(C)C)c1c(C)nc2ccccc2c1-c1ccc2c(c1C)NCCC2. The minimum absolute atomic E-state index is 0.120. The van der Waals surface area contributed by atoms with Gasteiger partial charge < -0.3 is 14.8 Å². The van der Waals surface area contributed by atoms with Crippen molar-refractivity contribution >= 4 is 16.6 Å². The second-order valence-electron chi connectivity index (χ2n) is 9.90. The van der Waals surface area contributed by atoms with E-state index in [-0.39, 0.29) is 17.8 Å². The lowest BCUT2D eigenvalue weighted by Gasteiger charge is -2.34. The van der Waals surface area contributed by atoms with Crippen LogP contribution in [0.5, 0.6) is 0 Å². The van der Waals surface area contributed by atoms with Crippen LogP contribution in [0.2, 0.25) is 0 Å². The number of nitrogens with zero attached hydrogens (tertiary/aromatic N) is 1. The van der Waals surface area contributed by atoms with Gasteiger partial charge in [0.25, 0.3) is 0 Å². The third-order valence-electron chi connectivity index (χ3n) is 6.43. The number of aromatic nitrogens is 1. The van der Waals surface area contributed by atoms with E-state index in [1.807, 2.05) is 0 Å². The van der Waals surface area contributed by atoms with Gasteiger partial charge in [-0.3, -0.25) is 4.98 Å². The lowest BCUT2D eigenvalue weighted by Crippen LogP contribution is -2.30. The Morgan fingerprint density at radius 2 is 1.81 bits per heavy atom. The molecule has 4 heteroatoms. The molecule has 1 aliphatic heterocycles. The van der Waals surface area contributed by atoms with Crippen LogP contribution < -0.4 is 5.32 Å². The molecule has 3 aromatic rings. The summed E-state index contributed by atoms with van der Waals surface area (Å²) in [5, 5.41) is 4.80. The van der Waals surface area contributed by atoms with E-state index in [0.717, 1.165) is 35.1 Å². The maximum absolute atomic E-state index is 6.64. The minimum Gasteiger partial charge on any atom is -0.385 e. The van der Waals surface area contributed by atoms with E-state index in [4.69, 9.17) is 14.5 Å². The molecular formula is C28H36N2O2. The molecule has 1 N–H and O–H groups in total. The molecule has 170 valence electrons. The lowest BCUT2D eigenvalue weighted by atomic mass is 9.85. The van der Waals surface area contributed by atoms with E-state index in [0.29, 0.717) is 0 Å². The number of hydrogen-bond donors (Lipinski definition) is 1. The quantitative estimate of drug-likeness (QED) is 0.483. The van der Waals surface area contributed by atoms with E-state index < -0.39 is 0 Å². The molecule has 4 nitrogen and oxygen atoms in total. The number of aryl methyl sites for hydroxylation is 2. The van der Waals surface area contributed by atoms with E-state index in [1.165, 1.54) is 34.4 Å². The van der Waals surface area contributed by atoms with Crippen LogP contribution in [0.4, 0.5) is 5.69 Å². The van der Waals surface area contributed by atoms with Crippen molar-refractivity contribution in [2.45, 2.75) is 72.2 Å². The summed E-state index contributed by atoms with van der Waals surface area (Å²) in [4.78, 5) is 5.00. The molecule has 1 aromatic heterocycles. The normalized spacial score (nSPS) is 15.8. The topological polar surface area (TPSA) is 43.4 Å². The summed E-state index contributed by atoms with van der Waals surface area (Å²) < 4.78 is 12.5. The molecule has 1 unspecified atom stereocenters. The van der Waals surface area contributed by atoms with Crippen LogP contribution in [-0.4, -0.2) is 30.3 Å². The van der Waals surface area contributed by atoms with Gasteiger partial charge in [-0.1, -0.05) is 30.3 Å². The van der Waals surface area contributed by atoms with Crippen molar-refractivity contribution < 1.29 is 9.47 Å². The van der Waals surface area contributed by atoms with Crippen LogP contribution in [0.15, 0.2) is 36.4 Å². The van der Waals surface area contributed by atoms with Crippen molar-refractivity contribution in [2.75, 3.05) is 19.0 Å². The van der Waals surface area contributed by atoms with Gasteiger partial charge in [-0.25, -0.2) is 0 Å². The number of para-hydroxylation sites is 1. The first-order chi connectivity index (χ1) is 15.2. The molecule has 0 radical (unpaired) electrons. The van der Waals surface area contributed by atoms with Crippen LogP contribution in [-0.2, 0) is 15.9 Å². The predicted octanol–water partition coefficient (Wildman–Crippen LogP) is 6.77. The summed E-state index contributed by atoms with van der Waals surface area (Å²) in [5.74, 6) is 0. The van der Waals surface area contributed by atoms with E-state index >= 15 is 0 Å². The third kappa shape index (κ3) is 4.26. The average molecular weight is 433 g/mol. The summed E-state index contributed by atoms with van der Waals surface area (Å²) >= 11 is 0. The highest BCUT2D eigenvalue weighted by Gasteiger charge is 2.32. The highest BCUT2D eigenvalue weighted by molar-refractivity contribution is 5.98. The zero-order valence-corrected chi connectivity index (χ0v) is 20.5. The van der Waals surface area contributed by atoms with Gasteiger partial charge in [0, 0.05) is 36.0 Å². The van der Waals surface area contributed by atoms with Crippen LogP contribution in [0.1, 0.15) is 62.6 Å². The minimum atomic E-state index is -0.320. The number of rotatable bonds is 5. The molecule has 1 aliphatic rings. The number of hydrogen-bond acceptors (Lipinski definition) is 4. The Kier molecular flexibility index (Phi) is 6.28. The predicted molar refractivity (Wildman–Crippen MR) is 134 cm³/mol. The van der Waals surface area contributed by atoms with Crippen molar-refractivity contribution in [2.24, 2.45) is 0 Å². The molecule has 4 rings (SSSR count). The van der Waals surface area contributed by atoms with E-state index in [9.17, 15) is 0 Å². The molecule has 2 atom stereocenters. The first kappa shape index (κ1) is 22.8. The summed E-state index contributed by atoms with van der Waals surface area (Å²) in [7, 11) is 1.75. The Morgan fingerprint density at radius 1 is 1.06 bits per heavy atom. The second kappa shape index (κ2) is 8.84. The second-order valence-corrected chi connectivity index (χ2v) is 9.90. The maximum atomic E-state index is 6.64. The Balaban J connectivity index is 2.05. The molecule has 0 saturated carbocycles. The monoisotopic (exact) mass is 432 g/mol. The maximum Gasteiger partial charge on any atom is 0.111 e. The highest BCUT2D eigenvalue weighted by Crippen LogP contribution is 2.44. The molecular weight excluding hydrogens is 396 g/mol. The third-order valence-corrected chi connectivity index (χ3v) is 6.43. The Bertz CT molecular complexity index is 1130. The molecule has 0 fully saturated rings. The first-order valence-electron chi connectivity index (χ1n) is 11.7. The lowest BCUT2D eigenvalue weighted by molar-refractivity contribution is -0.118. The fourth-order valence-electron chi connectivity index (χ4n) is 4.87. The summed E-state index contributed by atoms with van der Waals surface area (Å²) in [6.45, 7) is 13.7. The van der Waals surface area contributed by atoms with Gasteiger partial charge in [-0.2, -0.15) is 0 Å². The summed E-state index contributed by atoms with van der Waals surface area (Å²) in [6.07, 6.45) is 1.95. The highest BCUT2D eigenvalue weighted by atomic mass is 16.5. The van der Waals surface area contributed by atoms with Gasteiger partial charge in [0.2, 0.25) is 0 Å². The standard InChI is InChI=1S/C28H36N2O2/c1-17-21(15-14-20-11-10-16-29-26(17)20)25-22-12-8-9-13-23(22)30-18(2)24(25)27(19(3)31-7)32-28(4,5)6/h8-9,12-15,19,27,29H,10-11,16H2,1-7H3/t19?,27-/m1/s1. The largest absolute Gasteiger partial charge is 0.385 e. The number of fused-ring (bicyclic) bond motifs is 2. The van der Waals surface area contributed by atoms with E-state index in [2.05, 4.69) is 83.3 Å². The van der Waals surface area contributed by atoms with Gasteiger partial charge in [-0.15, -0.1) is 0 Å². The number of nitrogens with one attached hydrogen (secondary N) is 1. The van der Waals surface area contributed by atoms with Gasteiger partial charge in [-0.05, 0) is 82.7 Å². The van der Waals surface area contributed by atoms with Gasteiger partial charge in [0.05, 0.1) is 17.2 Å². The Hall–Kier alpha value is -2.43. The van der Waals surface area contributed by atoms with Crippen molar-refractivity contribution in [1.82, 2.24) is 4.98 Å². The van der Waals surface area contributed by atoms with Crippen molar-refractivity contribution in [3.05, 3.63) is 58.8 Å². The molecule has 32 heavy (non-hydrogen) atoms. The van der Waals surface area contributed by atoms with Crippen LogP contribution >= 0.6 is 0 Å². The van der Waals surface area contributed by atoms with Crippen LogP contribution in [0.25, 0.3) is 22.0 Å². The molecule has 0 aliphatic carbocycles. The number of benzene rings is 2. The molecule has 2 aromatic carbocycles.